The SMILES string of the molecule is C#Cc1cc(-c2ccc3c(c2)SCCC3(C)C)ccc1C(=O)OCC. The second-order valence-electron chi connectivity index (χ2n) is 6.82. The fraction of sp³-hybridized carbons (Fsp3) is 0.318. The van der Waals surface area contributed by atoms with Gasteiger partial charge in [0.1, 0.15) is 0 Å². The predicted molar refractivity (Wildman–Crippen MR) is 104 cm³/mol. The second-order valence-corrected chi connectivity index (χ2v) is 7.96. The van der Waals surface area contributed by atoms with Crippen molar-refractivity contribution in [2.24, 2.45) is 0 Å². The number of terminal acetylenes is 1. The van der Waals surface area contributed by atoms with Crippen LogP contribution in [-0.4, -0.2) is 18.3 Å². The van der Waals surface area contributed by atoms with Crippen LogP contribution in [0.2, 0.25) is 0 Å². The Bertz CT molecular complexity index is 859. The van der Waals surface area contributed by atoms with E-state index in [1.54, 1.807) is 13.0 Å². The molecule has 0 spiro atoms. The summed E-state index contributed by atoms with van der Waals surface area (Å²) in [6.07, 6.45) is 6.81. The maximum absolute atomic E-state index is 12.0. The molecule has 25 heavy (non-hydrogen) atoms. The van der Waals surface area contributed by atoms with E-state index in [2.05, 4.69) is 38.0 Å². The Labute approximate surface area is 154 Å². The van der Waals surface area contributed by atoms with Crippen molar-refractivity contribution in [2.75, 3.05) is 12.4 Å². The van der Waals surface area contributed by atoms with E-state index in [0.717, 1.165) is 16.9 Å². The zero-order valence-electron chi connectivity index (χ0n) is 14.9. The van der Waals surface area contributed by atoms with E-state index >= 15 is 0 Å². The molecule has 2 aromatic rings. The molecule has 0 bridgehead atoms. The predicted octanol–water partition coefficient (Wildman–Crippen LogP) is 5.29. The van der Waals surface area contributed by atoms with Gasteiger partial charge in [-0.05, 0) is 59.4 Å². The molecule has 0 N–H and O–H groups in total. The molecule has 1 heterocycles. The quantitative estimate of drug-likeness (QED) is 0.556. The third kappa shape index (κ3) is 3.45. The van der Waals surface area contributed by atoms with E-state index in [9.17, 15) is 4.79 Å². The maximum atomic E-state index is 12.0. The van der Waals surface area contributed by atoms with Crippen LogP contribution in [0.25, 0.3) is 11.1 Å². The van der Waals surface area contributed by atoms with Crippen LogP contribution < -0.4 is 0 Å². The fourth-order valence-electron chi connectivity index (χ4n) is 3.16. The third-order valence-corrected chi connectivity index (χ3v) is 5.76. The van der Waals surface area contributed by atoms with Crippen molar-refractivity contribution in [1.82, 2.24) is 0 Å². The van der Waals surface area contributed by atoms with Crippen LogP contribution >= 0.6 is 11.8 Å². The van der Waals surface area contributed by atoms with Gasteiger partial charge in [-0.2, -0.15) is 0 Å². The van der Waals surface area contributed by atoms with Gasteiger partial charge in [0.25, 0.3) is 0 Å². The van der Waals surface area contributed by atoms with Gasteiger partial charge >= 0.3 is 5.97 Å². The second kappa shape index (κ2) is 6.98. The van der Waals surface area contributed by atoms with Gasteiger partial charge in [0.05, 0.1) is 12.2 Å². The zero-order chi connectivity index (χ0) is 18.0. The molecule has 2 aromatic carbocycles. The van der Waals surface area contributed by atoms with Crippen molar-refractivity contribution in [3.05, 3.63) is 53.1 Å². The molecule has 0 aromatic heterocycles. The average molecular weight is 350 g/mol. The third-order valence-electron chi connectivity index (χ3n) is 4.70. The molecule has 3 heteroatoms. The molecule has 128 valence electrons. The van der Waals surface area contributed by atoms with Gasteiger partial charge in [0.15, 0.2) is 0 Å². The summed E-state index contributed by atoms with van der Waals surface area (Å²) < 4.78 is 5.08. The van der Waals surface area contributed by atoms with Crippen LogP contribution in [0, 0.1) is 12.3 Å². The highest BCUT2D eigenvalue weighted by Gasteiger charge is 2.27. The highest BCUT2D eigenvalue weighted by Crippen LogP contribution is 2.43. The summed E-state index contributed by atoms with van der Waals surface area (Å²) in [4.78, 5) is 13.4. The topological polar surface area (TPSA) is 26.3 Å². The van der Waals surface area contributed by atoms with Gasteiger partial charge < -0.3 is 4.74 Å². The molecule has 0 aliphatic carbocycles. The number of hydrogen-bond acceptors (Lipinski definition) is 3. The maximum Gasteiger partial charge on any atom is 0.339 e. The number of benzene rings is 2. The molecule has 0 radical (unpaired) electrons. The van der Waals surface area contributed by atoms with Gasteiger partial charge in [0.2, 0.25) is 0 Å². The molecule has 3 rings (SSSR count). The Morgan fingerprint density at radius 1 is 1.24 bits per heavy atom. The Balaban J connectivity index is 2.00. The molecule has 0 fully saturated rings. The summed E-state index contributed by atoms with van der Waals surface area (Å²) in [5, 5.41) is 0. The van der Waals surface area contributed by atoms with Crippen LogP contribution in [0.5, 0.6) is 0 Å². The number of rotatable bonds is 3. The standard InChI is InChI=1S/C22H22O2S/c1-5-15-13-16(7-9-18(15)21(23)24-6-2)17-8-10-19-20(14-17)25-12-11-22(19,3)4/h1,7-10,13-14H,6,11-12H2,2-4H3. The van der Waals surface area contributed by atoms with Crippen molar-refractivity contribution in [3.63, 3.8) is 0 Å². The first-order valence-corrected chi connectivity index (χ1v) is 9.50. The van der Waals surface area contributed by atoms with Crippen molar-refractivity contribution < 1.29 is 9.53 Å². The van der Waals surface area contributed by atoms with Gasteiger partial charge in [-0.3, -0.25) is 0 Å². The van der Waals surface area contributed by atoms with Crippen LogP contribution in [0.4, 0.5) is 0 Å². The average Bonchev–Trinajstić information content (AvgIpc) is 2.60. The fourth-order valence-corrected chi connectivity index (χ4v) is 4.70. The first-order chi connectivity index (χ1) is 12.0. The number of fused-ring (bicyclic) bond motifs is 1. The normalized spacial score (nSPS) is 15.1. The molecular formula is C22H22O2S. The van der Waals surface area contributed by atoms with Crippen molar-refractivity contribution >= 4 is 17.7 Å². The van der Waals surface area contributed by atoms with E-state index in [-0.39, 0.29) is 11.4 Å². The highest BCUT2D eigenvalue weighted by molar-refractivity contribution is 7.99. The molecule has 0 saturated carbocycles. The lowest BCUT2D eigenvalue weighted by molar-refractivity contribution is 0.0526. The zero-order valence-corrected chi connectivity index (χ0v) is 15.7. The molecule has 2 nitrogen and oxygen atoms in total. The Morgan fingerprint density at radius 2 is 1.96 bits per heavy atom. The lowest BCUT2D eigenvalue weighted by atomic mass is 9.81. The van der Waals surface area contributed by atoms with Crippen molar-refractivity contribution in [3.8, 4) is 23.5 Å². The molecule has 1 aliphatic rings. The van der Waals surface area contributed by atoms with Gasteiger partial charge in [-0.25, -0.2) is 4.79 Å². The molecule has 0 atom stereocenters. The lowest BCUT2D eigenvalue weighted by Crippen LogP contribution is -2.22. The monoisotopic (exact) mass is 350 g/mol. The van der Waals surface area contributed by atoms with E-state index in [1.165, 1.54) is 16.9 Å². The Morgan fingerprint density at radius 3 is 2.68 bits per heavy atom. The molecular weight excluding hydrogens is 328 g/mol. The largest absolute Gasteiger partial charge is 0.462 e. The van der Waals surface area contributed by atoms with Crippen molar-refractivity contribution in [1.29, 1.82) is 0 Å². The number of carbonyl (C=O) groups is 1. The van der Waals surface area contributed by atoms with Crippen molar-refractivity contribution in [2.45, 2.75) is 37.5 Å². The first-order valence-electron chi connectivity index (χ1n) is 8.52. The number of carbonyl (C=O) groups excluding carboxylic acids is 1. The van der Waals surface area contributed by atoms with Gasteiger partial charge in [0, 0.05) is 10.5 Å². The van der Waals surface area contributed by atoms with Gasteiger partial charge in [-0.15, -0.1) is 18.2 Å². The summed E-state index contributed by atoms with van der Waals surface area (Å²) in [5.74, 6) is 3.38. The van der Waals surface area contributed by atoms with E-state index < -0.39 is 0 Å². The highest BCUT2D eigenvalue weighted by atomic mass is 32.2. The first kappa shape index (κ1) is 17.6. The molecule has 0 saturated heterocycles. The summed E-state index contributed by atoms with van der Waals surface area (Å²) in [6.45, 7) is 6.72. The van der Waals surface area contributed by atoms with E-state index in [4.69, 9.17) is 11.2 Å². The summed E-state index contributed by atoms with van der Waals surface area (Å²) in [5.41, 5.74) is 4.79. The lowest BCUT2D eigenvalue weighted by Gasteiger charge is -2.32. The number of ether oxygens (including phenoxy) is 1. The van der Waals surface area contributed by atoms with Crippen LogP contribution in [0.3, 0.4) is 0 Å². The van der Waals surface area contributed by atoms with E-state index in [1.807, 2.05) is 23.9 Å². The van der Waals surface area contributed by atoms with E-state index in [0.29, 0.717) is 17.7 Å². The minimum absolute atomic E-state index is 0.219. The Hall–Kier alpha value is -2.18. The number of hydrogen-bond donors (Lipinski definition) is 0. The smallest absolute Gasteiger partial charge is 0.339 e. The van der Waals surface area contributed by atoms with Crippen LogP contribution in [-0.2, 0) is 10.2 Å². The summed E-state index contributed by atoms with van der Waals surface area (Å²) >= 11 is 1.91. The Kier molecular flexibility index (Phi) is 4.92. The number of thioether (sulfide) groups is 1. The van der Waals surface area contributed by atoms with Crippen LogP contribution in [0.15, 0.2) is 41.3 Å². The summed E-state index contributed by atoms with van der Waals surface area (Å²) in [6, 6.07) is 12.2. The van der Waals surface area contributed by atoms with Gasteiger partial charge in [-0.1, -0.05) is 38.0 Å². The number of esters is 1. The minimum atomic E-state index is -0.371. The minimum Gasteiger partial charge on any atom is -0.462 e. The molecule has 1 aliphatic heterocycles. The molecule has 0 unspecified atom stereocenters. The molecule has 0 amide bonds. The summed E-state index contributed by atoms with van der Waals surface area (Å²) in [7, 11) is 0. The van der Waals surface area contributed by atoms with Crippen LogP contribution in [0.1, 0.15) is 48.7 Å².